The highest BCUT2D eigenvalue weighted by Crippen LogP contribution is 2.34. The lowest BCUT2D eigenvalue weighted by molar-refractivity contribution is -0.168. The molecule has 0 unspecified atom stereocenters. The Kier molecular flexibility index (Phi) is 7.58. The first-order valence-corrected chi connectivity index (χ1v) is 12.8. The first kappa shape index (κ1) is 25.3. The van der Waals surface area contributed by atoms with Crippen LogP contribution in [0.1, 0.15) is 40.5 Å². The Hall–Kier alpha value is -2.33. The predicted molar refractivity (Wildman–Crippen MR) is 125 cm³/mol. The molecule has 1 aromatic carbocycles. The van der Waals surface area contributed by atoms with Crippen molar-refractivity contribution >= 4 is 27.6 Å². The van der Waals surface area contributed by atoms with Gasteiger partial charge in [0.05, 0.1) is 17.7 Å². The molecule has 1 aromatic rings. The van der Waals surface area contributed by atoms with Gasteiger partial charge >= 0.3 is 5.97 Å². The fourth-order valence-electron chi connectivity index (χ4n) is 4.53. The summed E-state index contributed by atoms with van der Waals surface area (Å²) in [7, 11) is -2.04. The molecule has 9 nitrogen and oxygen atoms in total. The third-order valence-corrected chi connectivity index (χ3v) is 8.09. The number of sulfonamides is 1. The van der Waals surface area contributed by atoms with E-state index in [0.717, 1.165) is 12.8 Å². The topological polar surface area (TPSA) is 96.5 Å². The van der Waals surface area contributed by atoms with Crippen molar-refractivity contribution in [3.63, 3.8) is 0 Å². The summed E-state index contributed by atoms with van der Waals surface area (Å²) in [6.07, 6.45) is 1.90. The minimum Gasteiger partial charge on any atom is -0.495 e. The second-order valence-corrected chi connectivity index (χ2v) is 11.3. The number of nitrogens with zero attached hydrogens (tertiary/aromatic N) is 3. The van der Waals surface area contributed by atoms with Gasteiger partial charge in [-0.15, -0.1) is 0 Å². The van der Waals surface area contributed by atoms with Gasteiger partial charge in [-0.25, -0.2) is 8.42 Å². The molecule has 0 bridgehead atoms. The Morgan fingerprint density at radius 3 is 2.33 bits per heavy atom. The van der Waals surface area contributed by atoms with Crippen molar-refractivity contribution in [3.8, 4) is 5.75 Å². The average molecular weight is 482 g/mol. The zero-order valence-electron chi connectivity index (χ0n) is 20.2. The summed E-state index contributed by atoms with van der Waals surface area (Å²) in [4.78, 5) is 28.1. The van der Waals surface area contributed by atoms with Gasteiger partial charge in [-0.2, -0.15) is 4.31 Å². The largest absolute Gasteiger partial charge is 0.495 e. The Morgan fingerprint density at radius 1 is 1.09 bits per heavy atom. The molecule has 184 valence electrons. The van der Waals surface area contributed by atoms with Crippen LogP contribution in [0.5, 0.6) is 5.75 Å². The molecule has 2 heterocycles. The molecule has 33 heavy (non-hydrogen) atoms. The van der Waals surface area contributed by atoms with Crippen molar-refractivity contribution in [1.82, 2.24) is 9.21 Å². The number of anilines is 1. The Balaban J connectivity index is 1.77. The quantitative estimate of drug-likeness (QED) is 0.574. The molecule has 0 N–H and O–H groups in total. The maximum atomic E-state index is 13.3. The van der Waals surface area contributed by atoms with Crippen LogP contribution in [0.2, 0.25) is 0 Å². The van der Waals surface area contributed by atoms with E-state index < -0.39 is 21.6 Å². The molecule has 0 saturated carbocycles. The number of hydrogen-bond acceptors (Lipinski definition) is 7. The minimum absolute atomic E-state index is 0.250. The van der Waals surface area contributed by atoms with E-state index >= 15 is 0 Å². The van der Waals surface area contributed by atoms with Crippen LogP contribution in [-0.4, -0.2) is 81.5 Å². The van der Waals surface area contributed by atoms with Gasteiger partial charge < -0.3 is 19.3 Å². The number of amides is 1. The van der Waals surface area contributed by atoms with Crippen molar-refractivity contribution in [2.24, 2.45) is 5.92 Å². The molecule has 0 aliphatic carbocycles. The number of benzene rings is 1. The van der Waals surface area contributed by atoms with Crippen LogP contribution in [0, 0.1) is 5.92 Å². The van der Waals surface area contributed by atoms with E-state index in [1.807, 2.05) is 4.90 Å². The smallest absolute Gasteiger partial charge is 0.303 e. The third kappa shape index (κ3) is 5.60. The molecule has 2 fully saturated rings. The van der Waals surface area contributed by atoms with Crippen LogP contribution in [0.25, 0.3) is 0 Å². The van der Waals surface area contributed by atoms with Gasteiger partial charge in [-0.1, -0.05) is 6.92 Å². The van der Waals surface area contributed by atoms with Crippen LogP contribution in [0.4, 0.5) is 5.69 Å². The van der Waals surface area contributed by atoms with Gasteiger partial charge in [0.15, 0.2) is 5.60 Å². The van der Waals surface area contributed by atoms with Crippen LogP contribution in [0.15, 0.2) is 23.1 Å². The maximum Gasteiger partial charge on any atom is 0.303 e. The molecule has 1 atom stereocenters. The van der Waals surface area contributed by atoms with E-state index in [9.17, 15) is 18.0 Å². The highest BCUT2D eigenvalue weighted by molar-refractivity contribution is 7.89. The van der Waals surface area contributed by atoms with Gasteiger partial charge in [0, 0.05) is 46.2 Å². The van der Waals surface area contributed by atoms with Crippen molar-refractivity contribution in [2.75, 3.05) is 51.3 Å². The molecular weight excluding hydrogens is 446 g/mol. The molecule has 2 aliphatic rings. The standard InChI is InChI=1S/C23H35N3O6S/c1-17-7-6-10-26(16-17)33(29,30)19-8-9-21(31-5)20(15-19)24-11-13-25(14-12-24)22(28)23(3,4)32-18(2)27/h8-9,15,17H,6-7,10-14,16H2,1-5H3/t17-/m1/s1. The molecule has 0 aromatic heterocycles. The number of piperazine rings is 1. The molecule has 10 heteroatoms. The van der Waals surface area contributed by atoms with Crippen LogP contribution < -0.4 is 9.64 Å². The predicted octanol–water partition coefficient (Wildman–Crippen LogP) is 2.11. The third-order valence-electron chi connectivity index (χ3n) is 6.23. The summed E-state index contributed by atoms with van der Waals surface area (Å²) in [6, 6.07) is 4.96. The average Bonchev–Trinajstić information content (AvgIpc) is 2.77. The molecule has 0 radical (unpaired) electrons. The minimum atomic E-state index is -3.60. The molecule has 1 amide bonds. The van der Waals surface area contributed by atoms with E-state index in [0.29, 0.717) is 56.6 Å². The SMILES string of the molecule is COc1ccc(S(=O)(=O)N2CCC[C@@H](C)C2)cc1N1CCN(C(=O)C(C)(C)OC(C)=O)CC1. The van der Waals surface area contributed by atoms with Gasteiger partial charge in [0.2, 0.25) is 10.0 Å². The van der Waals surface area contributed by atoms with Crippen molar-refractivity contribution in [3.05, 3.63) is 18.2 Å². The zero-order valence-corrected chi connectivity index (χ0v) is 21.0. The normalized spacial score (nSPS) is 20.5. The van der Waals surface area contributed by atoms with Gasteiger partial charge in [-0.05, 0) is 50.8 Å². The molecule has 2 saturated heterocycles. The number of piperidine rings is 1. The zero-order chi connectivity index (χ0) is 24.4. The van der Waals surface area contributed by atoms with Gasteiger partial charge in [0.1, 0.15) is 5.75 Å². The van der Waals surface area contributed by atoms with E-state index in [-0.39, 0.29) is 10.8 Å². The highest BCUT2D eigenvalue weighted by atomic mass is 32.2. The lowest BCUT2D eigenvalue weighted by Gasteiger charge is -2.39. The summed E-state index contributed by atoms with van der Waals surface area (Å²) in [6.45, 7) is 9.44. The monoisotopic (exact) mass is 481 g/mol. The Bertz CT molecular complexity index is 986. The first-order valence-electron chi connectivity index (χ1n) is 11.4. The first-order chi connectivity index (χ1) is 15.5. The lowest BCUT2D eigenvalue weighted by Crippen LogP contribution is -2.55. The van der Waals surface area contributed by atoms with Crippen molar-refractivity contribution < 1.29 is 27.5 Å². The second-order valence-electron chi connectivity index (χ2n) is 9.33. The fraction of sp³-hybridized carbons (Fsp3) is 0.652. The van der Waals surface area contributed by atoms with Crippen molar-refractivity contribution in [1.29, 1.82) is 0 Å². The number of methoxy groups -OCH3 is 1. The summed E-state index contributed by atoms with van der Waals surface area (Å²) in [5.74, 6) is 0.173. The second kappa shape index (κ2) is 9.89. The maximum absolute atomic E-state index is 13.3. The summed E-state index contributed by atoms with van der Waals surface area (Å²) in [5, 5.41) is 0. The molecule has 0 spiro atoms. The van der Waals surface area contributed by atoms with Crippen LogP contribution >= 0.6 is 0 Å². The van der Waals surface area contributed by atoms with E-state index in [2.05, 4.69) is 6.92 Å². The van der Waals surface area contributed by atoms with Gasteiger partial charge in [0.25, 0.3) is 5.91 Å². The number of hydrogen-bond donors (Lipinski definition) is 0. The number of ether oxygens (including phenoxy) is 2. The summed E-state index contributed by atoms with van der Waals surface area (Å²) >= 11 is 0. The number of carbonyl (C=O) groups is 2. The Labute approximate surface area is 196 Å². The lowest BCUT2D eigenvalue weighted by atomic mass is 10.0. The fourth-order valence-corrected chi connectivity index (χ4v) is 6.14. The molecule has 2 aliphatic heterocycles. The van der Waals surface area contributed by atoms with E-state index in [1.165, 1.54) is 6.92 Å². The summed E-state index contributed by atoms with van der Waals surface area (Å²) in [5.41, 5.74) is -0.541. The number of carbonyl (C=O) groups excluding carboxylic acids is 2. The number of esters is 1. The highest BCUT2D eigenvalue weighted by Gasteiger charge is 2.37. The van der Waals surface area contributed by atoms with Crippen molar-refractivity contribution in [2.45, 2.75) is 51.0 Å². The van der Waals surface area contributed by atoms with E-state index in [1.54, 1.807) is 48.4 Å². The molecular formula is C23H35N3O6S. The van der Waals surface area contributed by atoms with Crippen LogP contribution in [-0.2, 0) is 24.3 Å². The molecule has 3 rings (SSSR count). The van der Waals surface area contributed by atoms with Gasteiger partial charge in [-0.3, -0.25) is 9.59 Å². The number of rotatable bonds is 6. The Morgan fingerprint density at radius 2 is 1.76 bits per heavy atom. The van der Waals surface area contributed by atoms with E-state index in [4.69, 9.17) is 9.47 Å². The van der Waals surface area contributed by atoms with Crippen LogP contribution in [0.3, 0.4) is 0 Å². The summed E-state index contributed by atoms with van der Waals surface area (Å²) < 4.78 is 38.8.